The Hall–Kier alpha value is -1.71. The molecule has 0 aromatic heterocycles. The third kappa shape index (κ3) is 79.5. The average molecular weight is 1350 g/mol. The molecule has 0 radical (unpaired) electrons. The summed E-state index contributed by atoms with van der Waals surface area (Å²) in [6, 6.07) is 0. The summed E-state index contributed by atoms with van der Waals surface area (Å²) in [7, 11) is 5.96. The van der Waals surface area contributed by atoms with Crippen molar-refractivity contribution >= 4 is 17.9 Å². The van der Waals surface area contributed by atoms with Crippen LogP contribution >= 0.6 is 0 Å². The second kappa shape index (κ2) is 78.0. The summed E-state index contributed by atoms with van der Waals surface area (Å²) in [4.78, 5) is 37.6. The maximum Gasteiger partial charge on any atom is 0.306 e. The first-order valence-corrected chi connectivity index (χ1v) is 43.2. The van der Waals surface area contributed by atoms with Crippen LogP contribution in [-0.4, -0.2) is 82.3 Å². The van der Waals surface area contributed by atoms with Gasteiger partial charge in [-0.1, -0.05) is 450 Å². The van der Waals surface area contributed by atoms with Crippen molar-refractivity contribution in [1.82, 2.24) is 0 Å². The number of carbonyl (C=O) groups excluding carboxylic acids is 3. The molecule has 0 N–H and O–H groups in total. The van der Waals surface area contributed by atoms with E-state index in [-0.39, 0.29) is 32.2 Å². The van der Waals surface area contributed by atoms with E-state index in [0.717, 1.165) is 38.5 Å². The Labute approximate surface area is 593 Å². The van der Waals surface area contributed by atoms with E-state index in [2.05, 4.69) is 13.8 Å². The number of carboxylic acid groups (broad SMARTS) is 1. The van der Waals surface area contributed by atoms with Crippen LogP contribution in [0, 0.1) is 0 Å². The summed E-state index contributed by atoms with van der Waals surface area (Å²) in [5.41, 5.74) is 0. The van der Waals surface area contributed by atoms with Crippen LogP contribution < -0.4 is 5.11 Å². The first-order valence-electron chi connectivity index (χ1n) is 43.2. The summed E-state index contributed by atoms with van der Waals surface area (Å²) in [6.07, 6.45) is 94.2. The topological polar surface area (TPSA) is 111 Å². The molecule has 0 aromatic rings. The Bertz CT molecular complexity index is 1520. The number of hydrogen-bond acceptors (Lipinski definition) is 8. The third-order valence-electron chi connectivity index (χ3n) is 20.4. The van der Waals surface area contributed by atoms with Gasteiger partial charge in [0, 0.05) is 12.8 Å². The number of carboxylic acids is 1. The number of likely N-dealkylation sites (N-methyl/N-ethyl adjacent to an activating group) is 1. The summed E-state index contributed by atoms with van der Waals surface area (Å²) < 4.78 is 22.9. The predicted molar refractivity (Wildman–Crippen MR) is 408 cm³/mol. The highest BCUT2D eigenvalue weighted by Gasteiger charge is 2.22. The van der Waals surface area contributed by atoms with Gasteiger partial charge in [-0.25, -0.2) is 0 Å². The van der Waals surface area contributed by atoms with Crippen molar-refractivity contribution < 1.29 is 42.9 Å². The fourth-order valence-electron chi connectivity index (χ4n) is 13.8. The lowest BCUT2D eigenvalue weighted by Crippen LogP contribution is -2.44. The second-order valence-electron chi connectivity index (χ2n) is 31.2. The first kappa shape index (κ1) is 93.3. The van der Waals surface area contributed by atoms with Gasteiger partial charge in [0.15, 0.2) is 12.4 Å². The standard InChI is InChI=1S/C86H169NO8/c1-6-8-10-12-14-16-18-20-22-24-26-28-30-32-34-36-38-39-40-41-42-43-44-45-47-49-51-53-55-57-59-61-63-65-67-69-71-73-75-77-84(89)95-82(81-94-86(85(90)91)92-79-78-87(3,4)5)80-93-83(88)76-74-72-70-68-66-64-62-60-58-56-54-52-50-48-46-37-35-33-31-29-27-25-23-21-19-17-15-13-11-9-7-2/h82,86H,6-81H2,1-5H3. The zero-order valence-corrected chi connectivity index (χ0v) is 65.1. The normalized spacial score (nSPS) is 12.5. The minimum absolute atomic E-state index is 0.154. The molecule has 0 fully saturated rings. The summed E-state index contributed by atoms with van der Waals surface area (Å²) in [5.74, 6) is -2.24. The van der Waals surface area contributed by atoms with Gasteiger partial charge in [0.05, 0.1) is 40.3 Å². The van der Waals surface area contributed by atoms with Gasteiger partial charge in [-0.05, 0) is 12.8 Å². The quantitative estimate of drug-likeness (QED) is 0.0256. The molecule has 2 unspecified atom stereocenters. The fraction of sp³-hybridized carbons (Fsp3) is 0.965. The first-order chi connectivity index (χ1) is 46.6. The molecule has 0 saturated carbocycles. The molecule has 0 heterocycles. The van der Waals surface area contributed by atoms with Crippen LogP contribution in [0.3, 0.4) is 0 Å². The Kier molecular flexibility index (Phi) is 76.6. The van der Waals surface area contributed by atoms with E-state index in [4.69, 9.17) is 18.9 Å². The maximum absolute atomic E-state index is 13.0. The van der Waals surface area contributed by atoms with E-state index in [9.17, 15) is 19.5 Å². The number of ether oxygens (including phenoxy) is 4. The molecule has 9 nitrogen and oxygen atoms in total. The molecule has 0 aliphatic heterocycles. The number of quaternary nitrogens is 1. The lowest BCUT2D eigenvalue weighted by Gasteiger charge is -2.26. The van der Waals surface area contributed by atoms with Crippen molar-refractivity contribution in [3.05, 3.63) is 0 Å². The molecule has 95 heavy (non-hydrogen) atoms. The van der Waals surface area contributed by atoms with Crippen molar-refractivity contribution in [3.63, 3.8) is 0 Å². The zero-order chi connectivity index (χ0) is 69.0. The van der Waals surface area contributed by atoms with Crippen LogP contribution in [0.15, 0.2) is 0 Å². The van der Waals surface area contributed by atoms with Gasteiger partial charge in [0.25, 0.3) is 0 Å². The molecule has 0 bridgehead atoms. The largest absolute Gasteiger partial charge is 0.545 e. The highest BCUT2D eigenvalue weighted by molar-refractivity contribution is 5.70. The molecular formula is C86H169NO8. The van der Waals surface area contributed by atoms with Crippen LogP contribution in [0.2, 0.25) is 0 Å². The number of carbonyl (C=O) groups is 3. The van der Waals surface area contributed by atoms with Crippen molar-refractivity contribution in [1.29, 1.82) is 0 Å². The van der Waals surface area contributed by atoms with Gasteiger partial charge < -0.3 is 33.3 Å². The van der Waals surface area contributed by atoms with Gasteiger partial charge in [0.2, 0.25) is 0 Å². The maximum atomic E-state index is 13.0. The van der Waals surface area contributed by atoms with Crippen LogP contribution in [0.25, 0.3) is 0 Å². The minimum Gasteiger partial charge on any atom is -0.545 e. The zero-order valence-electron chi connectivity index (χ0n) is 65.1. The smallest absolute Gasteiger partial charge is 0.306 e. The van der Waals surface area contributed by atoms with E-state index < -0.39 is 24.3 Å². The SMILES string of the molecule is CCCCCCCCCCCCCCCCCCCCCCCCCCCCCCCCCCCCCCCCCC(=O)OC(COC(=O)CCCCCCCCCCCCCCCCCCCCCCCCCCCCCCCCC)COC(OCC[N+](C)(C)C)C(=O)[O-]. The second-order valence-corrected chi connectivity index (χ2v) is 31.2. The molecule has 0 aliphatic carbocycles. The molecule has 0 aromatic carbocycles. The van der Waals surface area contributed by atoms with Crippen molar-refractivity contribution in [2.75, 3.05) is 47.5 Å². The van der Waals surface area contributed by atoms with Gasteiger partial charge in [-0.3, -0.25) is 9.59 Å². The molecule has 0 spiro atoms. The van der Waals surface area contributed by atoms with Gasteiger partial charge in [0.1, 0.15) is 13.2 Å². The Balaban J connectivity index is 3.89. The van der Waals surface area contributed by atoms with E-state index in [1.54, 1.807) is 0 Å². The lowest BCUT2D eigenvalue weighted by molar-refractivity contribution is -0.870. The van der Waals surface area contributed by atoms with Crippen LogP contribution in [0.4, 0.5) is 0 Å². The van der Waals surface area contributed by atoms with Gasteiger partial charge >= 0.3 is 11.9 Å². The summed E-state index contributed by atoms with van der Waals surface area (Å²) >= 11 is 0. The van der Waals surface area contributed by atoms with E-state index in [0.29, 0.717) is 17.4 Å². The summed E-state index contributed by atoms with van der Waals surface area (Å²) in [5, 5.41) is 11.9. The number of rotatable bonds is 83. The number of aliphatic carboxylic acids is 1. The van der Waals surface area contributed by atoms with E-state index in [1.165, 1.54) is 411 Å². The molecule has 2 atom stereocenters. The Morgan fingerprint density at radius 2 is 0.474 bits per heavy atom. The monoisotopic (exact) mass is 1340 g/mol. The number of unbranched alkanes of at least 4 members (excludes halogenated alkanes) is 68. The highest BCUT2D eigenvalue weighted by Crippen LogP contribution is 2.21. The molecular weight excluding hydrogens is 1170 g/mol. The minimum atomic E-state index is -1.62. The van der Waals surface area contributed by atoms with Gasteiger partial charge in [-0.15, -0.1) is 0 Å². The number of nitrogens with zero attached hydrogens (tertiary/aromatic N) is 1. The summed E-state index contributed by atoms with van der Waals surface area (Å²) in [6.45, 7) is 4.86. The van der Waals surface area contributed by atoms with Gasteiger partial charge in [-0.2, -0.15) is 0 Å². The van der Waals surface area contributed by atoms with Crippen molar-refractivity contribution in [2.24, 2.45) is 0 Å². The van der Waals surface area contributed by atoms with Crippen molar-refractivity contribution in [2.45, 2.75) is 489 Å². The lowest BCUT2D eigenvalue weighted by atomic mass is 10.0. The predicted octanol–water partition coefficient (Wildman–Crippen LogP) is 26.4. The average Bonchev–Trinajstić information content (AvgIpc) is 2.92. The van der Waals surface area contributed by atoms with E-state index >= 15 is 0 Å². The molecule has 0 saturated heterocycles. The van der Waals surface area contributed by atoms with Crippen molar-refractivity contribution in [3.8, 4) is 0 Å². The van der Waals surface area contributed by atoms with E-state index in [1.807, 2.05) is 21.1 Å². The van der Waals surface area contributed by atoms with Crippen LogP contribution in [-0.2, 0) is 33.3 Å². The molecule has 566 valence electrons. The van der Waals surface area contributed by atoms with Crippen LogP contribution in [0.1, 0.15) is 476 Å². The Morgan fingerprint density at radius 3 is 0.674 bits per heavy atom. The Morgan fingerprint density at radius 1 is 0.274 bits per heavy atom. The fourth-order valence-corrected chi connectivity index (χ4v) is 13.8. The molecule has 9 heteroatoms. The third-order valence-corrected chi connectivity index (χ3v) is 20.4. The molecule has 0 rings (SSSR count). The molecule has 0 amide bonds. The highest BCUT2D eigenvalue weighted by atomic mass is 16.7. The number of hydrogen-bond donors (Lipinski definition) is 0. The molecule has 0 aliphatic rings. The number of esters is 2. The van der Waals surface area contributed by atoms with Crippen LogP contribution in [0.5, 0.6) is 0 Å².